The minimum absolute atomic E-state index is 0.446. The van der Waals surface area contributed by atoms with E-state index in [1.165, 1.54) is 16.7 Å². The molecule has 11 aromatic carbocycles. The van der Waals surface area contributed by atoms with Crippen LogP contribution in [0.1, 0.15) is 16.7 Å². The molecule has 0 amide bonds. The number of pyridine rings is 1. The molecular formula is C80H54N10. The summed E-state index contributed by atoms with van der Waals surface area (Å²) in [5.41, 5.74) is 17.3. The summed E-state index contributed by atoms with van der Waals surface area (Å²) in [6.45, 7) is 6.49. The van der Waals surface area contributed by atoms with Crippen LogP contribution in [0.5, 0.6) is 0 Å². The van der Waals surface area contributed by atoms with E-state index in [9.17, 15) is 0 Å². The summed E-state index contributed by atoms with van der Waals surface area (Å²) in [5, 5.41) is 6.84. The van der Waals surface area contributed by atoms with Gasteiger partial charge in [0.1, 0.15) is 5.82 Å². The van der Waals surface area contributed by atoms with Crippen molar-refractivity contribution < 1.29 is 0 Å². The highest BCUT2D eigenvalue weighted by Crippen LogP contribution is 2.46. The molecule has 17 rings (SSSR count). The lowest BCUT2D eigenvalue weighted by molar-refractivity contribution is 0.984. The molecule has 0 fully saturated rings. The summed E-state index contributed by atoms with van der Waals surface area (Å²) in [5.74, 6) is 4.53. The van der Waals surface area contributed by atoms with Gasteiger partial charge in [-0.2, -0.15) is 0 Å². The van der Waals surface area contributed by atoms with Crippen LogP contribution in [-0.4, -0.2) is 48.6 Å². The smallest absolute Gasteiger partial charge is 0.165 e. The van der Waals surface area contributed by atoms with Crippen molar-refractivity contribution in [3.05, 3.63) is 290 Å². The Balaban J connectivity index is 1.06. The van der Waals surface area contributed by atoms with Gasteiger partial charge >= 0.3 is 0 Å². The fraction of sp³-hybridized carbons (Fsp3) is 0.0375. The second-order valence-corrected chi connectivity index (χ2v) is 23.2. The van der Waals surface area contributed by atoms with Crippen LogP contribution in [0, 0.1) is 20.8 Å². The Kier molecular flexibility index (Phi) is 12.3. The molecule has 0 unspecified atom stereocenters. The minimum Gasteiger partial charge on any atom is -0.305 e. The fourth-order valence-corrected chi connectivity index (χ4v) is 13.1. The number of rotatable bonds is 10. The highest BCUT2D eigenvalue weighted by Gasteiger charge is 2.29. The van der Waals surface area contributed by atoms with Gasteiger partial charge in [0.05, 0.1) is 38.8 Å². The molecule has 6 heterocycles. The monoisotopic (exact) mass is 1150 g/mol. The van der Waals surface area contributed by atoms with Gasteiger partial charge in [-0.3, -0.25) is 9.13 Å². The van der Waals surface area contributed by atoms with Crippen LogP contribution in [0.15, 0.2) is 273 Å². The van der Waals surface area contributed by atoms with Crippen molar-refractivity contribution in [1.82, 2.24) is 48.6 Å². The van der Waals surface area contributed by atoms with Gasteiger partial charge in [0.15, 0.2) is 40.8 Å². The summed E-state index contributed by atoms with van der Waals surface area (Å²) in [6.07, 6.45) is 0. The zero-order chi connectivity index (χ0) is 60.0. The van der Waals surface area contributed by atoms with Gasteiger partial charge in [-0.25, -0.2) is 34.9 Å². The number of nitrogens with zero attached hydrogens (tertiary/aromatic N) is 10. The molecule has 0 aliphatic rings. The van der Waals surface area contributed by atoms with Gasteiger partial charge in [-0.05, 0) is 99.1 Å². The minimum atomic E-state index is 0.446. The molecule has 0 spiro atoms. The highest BCUT2D eigenvalue weighted by atomic mass is 15.2. The van der Waals surface area contributed by atoms with Crippen LogP contribution in [0.25, 0.3) is 162 Å². The van der Waals surface area contributed by atoms with Gasteiger partial charge in [0.2, 0.25) is 0 Å². The zero-order valence-electron chi connectivity index (χ0n) is 49.5. The maximum atomic E-state index is 6.13. The summed E-state index contributed by atoms with van der Waals surface area (Å²) in [7, 11) is 0. The largest absolute Gasteiger partial charge is 0.305 e. The Morgan fingerprint density at radius 3 is 1.01 bits per heavy atom. The molecule has 0 saturated heterocycles. The van der Waals surface area contributed by atoms with Crippen molar-refractivity contribution in [3.8, 4) is 96.8 Å². The van der Waals surface area contributed by atoms with E-state index in [-0.39, 0.29) is 0 Å². The quantitative estimate of drug-likeness (QED) is 0.134. The van der Waals surface area contributed by atoms with Crippen molar-refractivity contribution in [1.29, 1.82) is 0 Å². The van der Waals surface area contributed by atoms with Crippen molar-refractivity contribution in [2.75, 3.05) is 0 Å². The van der Waals surface area contributed by atoms with Crippen LogP contribution in [0.4, 0.5) is 0 Å². The van der Waals surface area contributed by atoms with E-state index in [0.29, 0.717) is 46.1 Å². The molecule has 10 nitrogen and oxygen atoms in total. The van der Waals surface area contributed by atoms with Crippen LogP contribution in [0.2, 0.25) is 0 Å². The van der Waals surface area contributed by atoms with Crippen LogP contribution in [0.3, 0.4) is 0 Å². The fourth-order valence-electron chi connectivity index (χ4n) is 13.1. The molecule has 0 bridgehead atoms. The average molecular weight is 1160 g/mol. The number of fused-ring (bicyclic) bond motifs is 9. The van der Waals surface area contributed by atoms with E-state index in [4.69, 9.17) is 34.9 Å². The molecule has 90 heavy (non-hydrogen) atoms. The summed E-state index contributed by atoms with van der Waals surface area (Å²) in [4.78, 5) is 38.3. The molecule has 0 radical (unpaired) electrons. The van der Waals surface area contributed by atoms with E-state index in [1.54, 1.807) is 0 Å². The van der Waals surface area contributed by atoms with Gasteiger partial charge in [0, 0.05) is 71.3 Å². The highest BCUT2D eigenvalue weighted by molar-refractivity contribution is 6.13. The Hall–Kier alpha value is -12.0. The number of benzene rings is 11. The van der Waals surface area contributed by atoms with Crippen molar-refractivity contribution in [2.24, 2.45) is 0 Å². The third-order valence-electron chi connectivity index (χ3n) is 17.3. The van der Waals surface area contributed by atoms with E-state index in [1.807, 2.05) is 121 Å². The first kappa shape index (κ1) is 52.3. The maximum Gasteiger partial charge on any atom is 0.165 e. The predicted molar refractivity (Wildman–Crippen MR) is 366 cm³/mol. The molecule has 0 aliphatic carbocycles. The second-order valence-electron chi connectivity index (χ2n) is 23.2. The normalized spacial score (nSPS) is 11.7. The lowest BCUT2D eigenvalue weighted by atomic mass is 9.96. The number of hydrogen-bond acceptors (Lipinski definition) is 7. The van der Waals surface area contributed by atoms with E-state index in [0.717, 1.165) is 116 Å². The number of aryl methyl sites for hydroxylation is 3. The third-order valence-corrected chi connectivity index (χ3v) is 17.3. The molecular weight excluding hydrogens is 1100 g/mol. The van der Waals surface area contributed by atoms with Crippen molar-refractivity contribution in [3.63, 3.8) is 0 Å². The topological polar surface area (TPSA) is 105 Å². The first-order valence-corrected chi connectivity index (χ1v) is 30.3. The zero-order valence-corrected chi connectivity index (χ0v) is 49.5. The lowest BCUT2D eigenvalue weighted by Gasteiger charge is -2.23. The van der Waals surface area contributed by atoms with E-state index >= 15 is 0 Å². The van der Waals surface area contributed by atoms with Crippen LogP contribution in [-0.2, 0) is 0 Å². The summed E-state index contributed by atoms with van der Waals surface area (Å²) < 4.78 is 7.17. The number of hydrogen-bond donors (Lipinski definition) is 0. The number of para-hydroxylation sites is 3. The Morgan fingerprint density at radius 2 is 0.567 bits per heavy atom. The van der Waals surface area contributed by atoms with Crippen LogP contribution < -0.4 is 0 Å². The van der Waals surface area contributed by atoms with Gasteiger partial charge < -0.3 is 4.57 Å². The molecule has 17 aromatic rings. The lowest BCUT2D eigenvalue weighted by Crippen LogP contribution is -2.11. The molecule has 0 N–H and O–H groups in total. The molecule has 6 aromatic heterocycles. The SMILES string of the molecule is Cc1ccc2c(c1)c1ccccc1n2-c1cc(-c2ccc(-c3nc(-c4ccccc4)nc(-c4ccccc4)n3)c(-c3nc(-c4ccccc4)nc(-c4ccccc4)n3)c2)c(-n2c3ccccc3c3cc(C)ccc32)c(-n2c3ccccc3c3cc(C)ccc32)n1. The Bertz CT molecular complexity index is 5580. The molecule has 0 saturated carbocycles. The first-order valence-electron chi connectivity index (χ1n) is 30.3. The third kappa shape index (κ3) is 8.75. The molecule has 424 valence electrons. The van der Waals surface area contributed by atoms with Crippen LogP contribution >= 0.6 is 0 Å². The summed E-state index contributed by atoms with van der Waals surface area (Å²) >= 11 is 0. The molecule has 10 heteroatoms. The Morgan fingerprint density at radius 1 is 0.222 bits per heavy atom. The van der Waals surface area contributed by atoms with Gasteiger partial charge in [-0.1, -0.05) is 217 Å². The molecule has 0 aliphatic heterocycles. The molecule has 0 atom stereocenters. The van der Waals surface area contributed by atoms with Gasteiger partial charge in [-0.15, -0.1) is 0 Å². The van der Waals surface area contributed by atoms with E-state index < -0.39 is 0 Å². The van der Waals surface area contributed by atoms with Crippen molar-refractivity contribution >= 4 is 65.4 Å². The first-order chi connectivity index (χ1) is 44.3. The average Bonchev–Trinajstić information content (AvgIpc) is 1.52. The second kappa shape index (κ2) is 21.1. The Labute approximate surface area is 518 Å². The van der Waals surface area contributed by atoms with E-state index in [2.05, 4.69) is 186 Å². The predicted octanol–water partition coefficient (Wildman–Crippen LogP) is 19.3. The van der Waals surface area contributed by atoms with Gasteiger partial charge in [0.25, 0.3) is 0 Å². The maximum absolute atomic E-state index is 6.13. The summed E-state index contributed by atoms with van der Waals surface area (Å²) in [6, 6.07) is 95.8. The number of aromatic nitrogens is 10. The standard InChI is InChI=1S/C80H54N10/c1-49-36-41-69-62(44-49)57-30-16-19-33-66(57)88(69)72-48-61(73(89-67-34-20-17-31-58(67)63-45-50(2)37-42-70(63)89)80(81-72)90-68-35-21-18-32-59(68)64-46-51(3)38-43-71(64)90)56-39-40-60(78-84-74(52-22-8-4-9-23-52)82-75(85-78)53-24-10-5-11-25-53)65(47-56)79-86-76(54-26-12-6-13-27-54)83-77(87-79)55-28-14-7-15-29-55/h4-48H,1-3H3. The van der Waals surface area contributed by atoms with Crippen molar-refractivity contribution in [2.45, 2.75) is 20.8 Å².